The van der Waals surface area contributed by atoms with Crippen LogP contribution in [-0.4, -0.2) is 19.1 Å². The van der Waals surface area contributed by atoms with Crippen LogP contribution in [0.4, 0.5) is 0 Å². The van der Waals surface area contributed by atoms with Crippen molar-refractivity contribution in [2.45, 2.75) is 32.1 Å². The molecule has 116 valence electrons. The molecule has 2 rings (SSSR count). The third-order valence-electron chi connectivity index (χ3n) is 3.57. The van der Waals surface area contributed by atoms with Gasteiger partial charge in [0.2, 0.25) is 0 Å². The SMILES string of the molecule is N#Cc1ccc(OCC(=O)NCCC2=CCCCC2)c(Cl)c1. The molecule has 0 aliphatic heterocycles. The fraction of sp³-hybridized carbons (Fsp3) is 0.412. The summed E-state index contributed by atoms with van der Waals surface area (Å²) in [5.74, 6) is 0.239. The lowest BCUT2D eigenvalue weighted by atomic mass is 9.97. The molecule has 1 aromatic rings. The first kappa shape index (κ1) is 16.4. The fourth-order valence-electron chi connectivity index (χ4n) is 2.38. The van der Waals surface area contributed by atoms with Crippen molar-refractivity contribution in [1.82, 2.24) is 5.32 Å². The largest absolute Gasteiger partial charge is 0.482 e. The molecule has 0 spiro atoms. The maximum Gasteiger partial charge on any atom is 0.257 e. The van der Waals surface area contributed by atoms with Gasteiger partial charge in [0.15, 0.2) is 6.61 Å². The number of hydrogen-bond donors (Lipinski definition) is 1. The number of rotatable bonds is 6. The summed E-state index contributed by atoms with van der Waals surface area (Å²) in [6.07, 6.45) is 8.01. The van der Waals surface area contributed by atoms with Crippen LogP contribution < -0.4 is 10.1 Å². The van der Waals surface area contributed by atoms with Crippen molar-refractivity contribution in [2.24, 2.45) is 0 Å². The zero-order valence-electron chi connectivity index (χ0n) is 12.4. The predicted octanol–water partition coefficient (Wildman–Crippen LogP) is 3.60. The molecule has 22 heavy (non-hydrogen) atoms. The molecular formula is C17H19ClN2O2. The standard InChI is InChI=1S/C17H19ClN2O2/c18-15-10-14(11-19)6-7-16(15)22-12-17(21)20-9-8-13-4-2-1-3-5-13/h4,6-7,10H,1-3,5,8-9,12H2,(H,20,21). The van der Waals surface area contributed by atoms with Gasteiger partial charge in [0.05, 0.1) is 16.7 Å². The maximum atomic E-state index is 11.7. The van der Waals surface area contributed by atoms with E-state index in [2.05, 4.69) is 11.4 Å². The molecule has 1 N–H and O–H groups in total. The van der Waals surface area contributed by atoms with Crippen molar-refractivity contribution in [1.29, 1.82) is 5.26 Å². The summed E-state index contributed by atoms with van der Waals surface area (Å²) in [6.45, 7) is 0.555. The first-order valence-electron chi connectivity index (χ1n) is 7.46. The second-order valence-electron chi connectivity index (χ2n) is 5.25. The van der Waals surface area contributed by atoms with Crippen LogP contribution in [0.3, 0.4) is 0 Å². The lowest BCUT2D eigenvalue weighted by molar-refractivity contribution is -0.123. The van der Waals surface area contributed by atoms with Crippen LogP contribution in [-0.2, 0) is 4.79 Å². The highest BCUT2D eigenvalue weighted by molar-refractivity contribution is 6.32. The molecule has 0 heterocycles. The molecule has 0 aromatic heterocycles. The molecule has 0 saturated heterocycles. The Balaban J connectivity index is 1.71. The lowest BCUT2D eigenvalue weighted by Gasteiger charge is -2.13. The Morgan fingerprint density at radius 3 is 2.95 bits per heavy atom. The van der Waals surface area contributed by atoms with Gasteiger partial charge in [0.25, 0.3) is 5.91 Å². The number of carbonyl (C=O) groups is 1. The van der Waals surface area contributed by atoms with Crippen LogP contribution in [0.2, 0.25) is 5.02 Å². The number of carbonyl (C=O) groups excluding carboxylic acids is 1. The molecule has 1 aliphatic carbocycles. The van der Waals surface area contributed by atoms with Crippen LogP contribution >= 0.6 is 11.6 Å². The van der Waals surface area contributed by atoms with Gasteiger partial charge in [-0.3, -0.25) is 4.79 Å². The van der Waals surface area contributed by atoms with E-state index in [1.807, 2.05) is 6.07 Å². The first-order valence-corrected chi connectivity index (χ1v) is 7.84. The Bertz CT molecular complexity index is 605. The summed E-state index contributed by atoms with van der Waals surface area (Å²) in [5, 5.41) is 11.9. The van der Waals surface area contributed by atoms with E-state index in [0.29, 0.717) is 22.9 Å². The molecular weight excluding hydrogens is 300 g/mol. The highest BCUT2D eigenvalue weighted by Crippen LogP contribution is 2.25. The Hall–Kier alpha value is -1.99. The predicted molar refractivity (Wildman–Crippen MR) is 85.8 cm³/mol. The van der Waals surface area contributed by atoms with Crippen molar-refractivity contribution in [3.63, 3.8) is 0 Å². The van der Waals surface area contributed by atoms with E-state index in [1.165, 1.54) is 24.5 Å². The average molecular weight is 319 g/mol. The van der Waals surface area contributed by atoms with E-state index in [4.69, 9.17) is 21.6 Å². The van der Waals surface area contributed by atoms with Gasteiger partial charge in [-0.25, -0.2) is 0 Å². The van der Waals surface area contributed by atoms with Crippen LogP contribution in [0.5, 0.6) is 5.75 Å². The molecule has 0 radical (unpaired) electrons. The minimum Gasteiger partial charge on any atom is -0.482 e. The Morgan fingerprint density at radius 2 is 2.27 bits per heavy atom. The number of ether oxygens (including phenoxy) is 1. The van der Waals surface area contributed by atoms with Crippen molar-refractivity contribution >= 4 is 17.5 Å². The summed E-state index contributed by atoms with van der Waals surface area (Å²) in [7, 11) is 0. The Morgan fingerprint density at radius 1 is 1.41 bits per heavy atom. The van der Waals surface area contributed by atoms with E-state index in [9.17, 15) is 4.79 Å². The zero-order valence-corrected chi connectivity index (χ0v) is 13.2. The second-order valence-corrected chi connectivity index (χ2v) is 5.66. The summed E-state index contributed by atoms with van der Waals surface area (Å²) < 4.78 is 5.37. The van der Waals surface area contributed by atoms with Gasteiger partial charge in [-0.1, -0.05) is 23.3 Å². The van der Waals surface area contributed by atoms with E-state index in [-0.39, 0.29) is 12.5 Å². The van der Waals surface area contributed by atoms with E-state index in [1.54, 1.807) is 12.1 Å². The van der Waals surface area contributed by atoms with Gasteiger partial charge in [-0.2, -0.15) is 5.26 Å². The van der Waals surface area contributed by atoms with Crippen LogP contribution in [0.25, 0.3) is 0 Å². The van der Waals surface area contributed by atoms with E-state index < -0.39 is 0 Å². The third-order valence-corrected chi connectivity index (χ3v) is 3.87. The molecule has 4 nitrogen and oxygen atoms in total. The molecule has 0 bridgehead atoms. The topological polar surface area (TPSA) is 62.1 Å². The van der Waals surface area contributed by atoms with Crippen molar-refractivity contribution in [3.05, 3.63) is 40.4 Å². The van der Waals surface area contributed by atoms with E-state index >= 15 is 0 Å². The molecule has 0 atom stereocenters. The summed E-state index contributed by atoms with van der Waals surface area (Å²) in [4.78, 5) is 11.7. The van der Waals surface area contributed by atoms with Gasteiger partial charge in [-0.05, 0) is 50.3 Å². The van der Waals surface area contributed by atoms with Gasteiger partial charge in [0, 0.05) is 6.54 Å². The molecule has 0 saturated carbocycles. The summed E-state index contributed by atoms with van der Waals surface area (Å²) in [6, 6.07) is 6.72. The van der Waals surface area contributed by atoms with Crippen molar-refractivity contribution in [3.8, 4) is 11.8 Å². The number of nitrogens with one attached hydrogen (secondary N) is 1. The van der Waals surface area contributed by atoms with Crippen LogP contribution in [0, 0.1) is 11.3 Å². The maximum absolute atomic E-state index is 11.7. The number of nitrogens with zero attached hydrogens (tertiary/aromatic N) is 1. The summed E-state index contributed by atoms with van der Waals surface area (Å²) in [5.41, 5.74) is 1.89. The first-order chi connectivity index (χ1) is 10.7. The third kappa shape index (κ3) is 5.09. The minimum atomic E-state index is -0.170. The van der Waals surface area contributed by atoms with Crippen molar-refractivity contribution < 1.29 is 9.53 Å². The molecule has 0 fully saturated rings. The van der Waals surface area contributed by atoms with Crippen LogP contribution in [0.1, 0.15) is 37.7 Å². The number of halogens is 1. The number of hydrogen-bond acceptors (Lipinski definition) is 3. The molecule has 1 aliphatic rings. The number of allylic oxidation sites excluding steroid dienone is 1. The lowest BCUT2D eigenvalue weighted by Crippen LogP contribution is -2.30. The zero-order chi connectivity index (χ0) is 15.8. The van der Waals surface area contributed by atoms with Gasteiger partial charge >= 0.3 is 0 Å². The number of benzene rings is 1. The fourth-order valence-corrected chi connectivity index (χ4v) is 2.61. The van der Waals surface area contributed by atoms with Gasteiger partial charge in [0.1, 0.15) is 5.75 Å². The monoisotopic (exact) mass is 318 g/mol. The van der Waals surface area contributed by atoms with Crippen molar-refractivity contribution in [2.75, 3.05) is 13.2 Å². The molecule has 1 amide bonds. The average Bonchev–Trinajstić information content (AvgIpc) is 2.54. The number of nitriles is 1. The smallest absolute Gasteiger partial charge is 0.257 e. The number of amides is 1. The minimum absolute atomic E-state index is 0.0787. The summed E-state index contributed by atoms with van der Waals surface area (Å²) >= 11 is 5.98. The normalized spacial score (nSPS) is 13.9. The quantitative estimate of drug-likeness (QED) is 0.815. The Kier molecular flexibility index (Phi) is 6.29. The molecule has 0 unspecified atom stereocenters. The molecule has 1 aromatic carbocycles. The second kappa shape index (κ2) is 8.45. The van der Waals surface area contributed by atoms with Crippen LogP contribution in [0.15, 0.2) is 29.8 Å². The van der Waals surface area contributed by atoms with Gasteiger partial charge in [-0.15, -0.1) is 0 Å². The Labute approximate surface area is 135 Å². The highest BCUT2D eigenvalue weighted by atomic mass is 35.5. The highest BCUT2D eigenvalue weighted by Gasteiger charge is 2.08. The van der Waals surface area contributed by atoms with E-state index in [0.717, 1.165) is 19.3 Å². The molecule has 5 heteroatoms. The van der Waals surface area contributed by atoms with Gasteiger partial charge < -0.3 is 10.1 Å².